The first kappa shape index (κ1) is 47.4. The lowest BCUT2D eigenvalue weighted by Crippen LogP contribution is -2.26. The summed E-state index contributed by atoms with van der Waals surface area (Å²) in [7, 11) is -8.63. The zero-order valence-electron chi connectivity index (χ0n) is 32.7. The molecule has 2 aromatic heterocycles. The van der Waals surface area contributed by atoms with Crippen LogP contribution in [0.3, 0.4) is 0 Å². The van der Waals surface area contributed by atoms with Gasteiger partial charge in [0.05, 0.1) is 13.2 Å². The van der Waals surface area contributed by atoms with Crippen LogP contribution in [-0.4, -0.2) is 45.9 Å². The minimum absolute atomic E-state index is 0.112. The van der Waals surface area contributed by atoms with Crippen LogP contribution in [-0.2, 0) is 32.6 Å². The number of amides is 2. The Kier molecular flexibility index (Phi) is 16.7. The van der Waals surface area contributed by atoms with Crippen molar-refractivity contribution in [3.8, 4) is 11.5 Å². The molecule has 0 bridgehead atoms. The minimum Gasteiger partial charge on any atom is -0.508 e. The highest BCUT2D eigenvalue weighted by Crippen LogP contribution is 2.62. The number of aromatic hydroxyl groups is 1. The summed E-state index contributed by atoms with van der Waals surface area (Å²) >= 11 is 14.9. The largest absolute Gasteiger partial charge is 0.508 e. The van der Waals surface area contributed by atoms with Gasteiger partial charge in [-0.25, -0.2) is 0 Å². The molecule has 5 N–H and O–H groups in total. The Morgan fingerprint density at radius 3 is 1.59 bits per heavy atom. The molecule has 19 heteroatoms. The summed E-state index contributed by atoms with van der Waals surface area (Å²) < 4.78 is 43.5. The van der Waals surface area contributed by atoms with E-state index in [4.69, 9.17) is 37.0 Å². The Morgan fingerprint density at radius 2 is 1.15 bits per heavy atom. The summed E-state index contributed by atoms with van der Waals surface area (Å²) in [5, 5.41) is 19.9. The van der Waals surface area contributed by atoms with Gasteiger partial charge in [0, 0.05) is 38.8 Å². The van der Waals surface area contributed by atoms with E-state index >= 15 is 0 Å². The smallest absolute Gasteiger partial charge is 0.347 e. The fourth-order valence-electron chi connectivity index (χ4n) is 5.94. The molecule has 0 radical (unpaired) electrons. The van der Waals surface area contributed by atoms with Crippen molar-refractivity contribution in [2.45, 2.75) is 32.1 Å². The topological polar surface area (TPSA) is 198 Å². The molecule has 0 saturated heterocycles. The number of hydrogen-bond donors (Lipinski definition) is 5. The van der Waals surface area contributed by atoms with Gasteiger partial charge in [0.15, 0.2) is 11.3 Å². The number of carbonyl (C=O) groups is 3. The molecule has 320 valence electrons. The van der Waals surface area contributed by atoms with Crippen molar-refractivity contribution < 1.29 is 52.2 Å². The maximum atomic E-state index is 13.7. The average molecular weight is 946 g/mol. The molecule has 0 saturated carbocycles. The van der Waals surface area contributed by atoms with Gasteiger partial charge >= 0.3 is 21.2 Å². The molecule has 4 aromatic carbocycles. The second-order valence-electron chi connectivity index (χ2n) is 12.9. The highest BCUT2D eigenvalue weighted by molar-refractivity contribution is 7.55. The van der Waals surface area contributed by atoms with Crippen LogP contribution in [0.4, 0.5) is 0 Å². The monoisotopic (exact) mass is 944 g/mol. The Balaban J connectivity index is 0.000000237. The first-order valence-corrected chi connectivity index (χ1v) is 24.1. The first-order valence-electron chi connectivity index (χ1n) is 18.3. The van der Waals surface area contributed by atoms with E-state index in [2.05, 4.69) is 10.6 Å². The molecule has 0 fully saturated rings. The van der Waals surface area contributed by atoms with Gasteiger partial charge in [-0.2, -0.15) is 0 Å². The fourth-order valence-corrected chi connectivity index (χ4v) is 11.4. The van der Waals surface area contributed by atoms with Crippen LogP contribution >= 0.6 is 61.1 Å². The highest BCUT2D eigenvalue weighted by Gasteiger charge is 2.43. The predicted molar refractivity (Wildman–Crippen MR) is 242 cm³/mol. The molecule has 6 aromatic rings. The Labute approximate surface area is 369 Å². The molecule has 0 spiro atoms. The number of benzene rings is 4. The van der Waals surface area contributed by atoms with Gasteiger partial charge in [0.1, 0.15) is 11.5 Å². The number of phenols is 1. The van der Waals surface area contributed by atoms with E-state index in [1.165, 1.54) is 54.1 Å². The summed E-state index contributed by atoms with van der Waals surface area (Å²) in [5.74, 6) is -1.22. The summed E-state index contributed by atoms with van der Waals surface area (Å²) in [5.41, 5.74) is -0.595. The number of rotatable bonds is 15. The lowest BCUT2D eigenvalue weighted by atomic mass is 10.1. The van der Waals surface area contributed by atoms with Crippen molar-refractivity contribution >= 4 is 111 Å². The molecular formula is C42H40Cl2N2O11P2S2. The number of ether oxygens (including phenoxy) is 1. The van der Waals surface area contributed by atoms with Crippen LogP contribution in [0.25, 0.3) is 32.3 Å². The summed E-state index contributed by atoms with van der Waals surface area (Å²) in [6.45, 7) is 4.96. The van der Waals surface area contributed by atoms with Crippen molar-refractivity contribution in [3.63, 3.8) is 0 Å². The molecule has 0 aliphatic rings. The molecule has 61 heavy (non-hydrogen) atoms. The third kappa shape index (κ3) is 12.7. The molecule has 13 nitrogen and oxygen atoms in total. The van der Waals surface area contributed by atoms with Gasteiger partial charge in [-0.1, -0.05) is 47.5 Å². The van der Waals surface area contributed by atoms with Crippen LogP contribution in [0.2, 0.25) is 10.0 Å². The number of halogens is 2. The number of nitrogens with one attached hydrogen (secondary N) is 2. The van der Waals surface area contributed by atoms with E-state index in [0.717, 1.165) is 20.3 Å². The lowest BCUT2D eigenvalue weighted by Gasteiger charge is -2.25. The quantitative estimate of drug-likeness (QED) is 0.0373. The number of carbonyl (C=O) groups excluding carboxylic acids is 3. The van der Waals surface area contributed by atoms with Crippen molar-refractivity contribution in [3.05, 3.63) is 140 Å². The van der Waals surface area contributed by atoms with Gasteiger partial charge < -0.3 is 39.3 Å². The zero-order chi connectivity index (χ0) is 44.3. The average Bonchev–Trinajstić information content (AvgIpc) is 3.79. The normalized spacial score (nSPS) is 12.9. The van der Waals surface area contributed by atoms with Crippen LogP contribution in [0.1, 0.15) is 54.3 Å². The van der Waals surface area contributed by atoms with Gasteiger partial charge in [-0.05, 0) is 130 Å². The summed E-state index contributed by atoms with van der Waals surface area (Å²) in [6, 6.07) is 23.4. The van der Waals surface area contributed by atoms with Gasteiger partial charge in [-0.3, -0.25) is 23.5 Å². The predicted octanol–water partition coefficient (Wildman–Crippen LogP) is 10.8. The number of phenolic OH excluding ortho intramolecular Hbond substituents is 1. The molecule has 0 aliphatic heterocycles. The third-order valence-corrected chi connectivity index (χ3v) is 14.5. The van der Waals surface area contributed by atoms with E-state index in [1.54, 1.807) is 103 Å². The Hall–Kier alpha value is -4.63. The zero-order valence-corrected chi connectivity index (χ0v) is 37.6. The van der Waals surface area contributed by atoms with Crippen molar-refractivity contribution in [1.82, 2.24) is 10.6 Å². The molecule has 0 aliphatic carbocycles. The number of fused-ring (bicyclic) bond motifs is 2. The second kappa shape index (κ2) is 21.4. The molecule has 6 rings (SSSR count). The van der Waals surface area contributed by atoms with E-state index in [1.807, 2.05) is 6.07 Å². The Bertz CT molecular complexity index is 2650. The van der Waals surface area contributed by atoms with Crippen LogP contribution < -0.4 is 15.4 Å². The fraction of sp³-hybridized carbons (Fsp3) is 0.167. The standard InChI is InChI=1S/C24H25ClNO6PS.C18H15ClNO5PS/c1-4-30-33(29,31-5-2)23(21-15-34-22-11-8-18(25)14-20(21)22)24(28)26-13-12-17-6-9-19(10-7-17)32-16(3)27;19-12-3-6-16-14(9-12)15(10-27-16)17(26(23,24)25)18(22)20-8-7-11-1-4-13(21)5-2-11/h6-15,23H,4-5H2,1-3H3,(H,26,28);1-10,17,21H,(H,20,22)(H2,23,24,25)/b13-12+;8-7+. The summed E-state index contributed by atoms with van der Waals surface area (Å²) in [6.07, 6.45) is 5.98. The first-order chi connectivity index (χ1) is 29.0. The maximum Gasteiger partial charge on any atom is 0.347 e. The molecule has 2 unspecified atom stereocenters. The number of esters is 1. The molecule has 2 amide bonds. The van der Waals surface area contributed by atoms with Crippen molar-refractivity contribution in [2.75, 3.05) is 13.2 Å². The van der Waals surface area contributed by atoms with Gasteiger partial charge in [0.25, 0.3) is 0 Å². The SMILES string of the molecule is CCOP(=O)(OCC)C(C(=O)N/C=C/c1ccc(OC(C)=O)cc1)c1csc2ccc(Cl)cc12.O=C(N/C=C/c1ccc(O)cc1)C(c1csc2ccc(Cl)cc12)P(=O)(O)O. The lowest BCUT2D eigenvalue weighted by molar-refractivity contribution is -0.132. The number of thiophene rings is 2. The van der Waals surface area contributed by atoms with E-state index < -0.39 is 44.3 Å². The second-order valence-corrected chi connectivity index (χ2v) is 19.4. The Morgan fingerprint density at radius 1 is 0.705 bits per heavy atom. The molecule has 2 heterocycles. The molecular weight excluding hydrogens is 905 g/mol. The summed E-state index contributed by atoms with van der Waals surface area (Å²) in [4.78, 5) is 56.5. The van der Waals surface area contributed by atoms with Gasteiger partial charge in [-0.15, -0.1) is 22.7 Å². The van der Waals surface area contributed by atoms with E-state index in [9.17, 15) is 38.4 Å². The van der Waals surface area contributed by atoms with E-state index in [0.29, 0.717) is 32.3 Å². The molecule has 2 atom stereocenters. The third-order valence-electron chi connectivity index (χ3n) is 8.53. The van der Waals surface area contributed by atoms with Crippen LogP contribution in [0.5, 0.6) is 11.5 Å². The van der Waals surface area contributed by atoms with Crippen molar-refractivity contribution in [1.29, 1.82) is 0 Å². The van der Waals surface area contributed by atoms with Crippen molar-refractivity contribution in [2.24, 2.45) is 0 Å². The minimum atomic E-state index is -4.77. The number of hydrogen-bond acceptors (Lipinski definition) is 11. The van der Waals surface area contributed by atoms with E-state index in [-0.39, 0.29) is 24.5 Å². The van der Waals surface area contributed by atoms with Gasteiger partial charge in [0.2, 0.25) is 11.8 Å². The van der Waals surface area contributed by atoms with Crippen LogP contribution in [0, 0.1) is 0 Å². The van der Waals surface area contributed by atoms with Crippen LogP contribution in [0.15, 0.2) is 108 Å². The maximum absolute atomic E-state index is 13.7. The highest BCUT2D eigenvalue weighted by atomic mass is 35.5.